The number of carbonyl (C=O) groups is 1. The van der Waals surface area contributed by atoms with Crippen molar-refractivity contribution in [3.63, 3.8) is 0 Å². The molecule has 4 rings (SSSR count). The van der Waals surface area contributed by atoms with Crippen molar-refractivity contribution in [1.29, 1.82) is 0 Å². The highest BCUT2D eigenvalue weighted by molar-refractivity contribution is 9.10. The third-order valence-electron chi connectivity index (χ3n) is 4.45. The molecule has 26 heavy (non-hydrogen) atoms. The van der Waals surface area contributed by atoms with Crippen LogP contribution in [-0.4, -0.2) is 10.9 Å². The van der Waals surface area contributed by atoms with Gasteiger partial charge in [-0.15, -0.1) is 0 Å². The number of phenols is 1. The van der Waals surface area contributed by atoms with Gasteiger partial charge in [0.2, 0.25) is 0 Å². The molecule has 0 fully saturated rings. The van der Waals surface area contributed by atoms with Crippen LogP contribution in [0.25, 0.3) is 11.1 Å². The van der Waals surface area contributed by atoms with E-state index in [1.807, 2.05) is 60.7 Å². The predicted molar refractivity (Wildman–Crippen MR) is 108 cm³/mol. The topological polar surface area (TPSA) is 37.3 Å². The SMILES string of the molecule is O=C1C=C/C(=C(/c2ccccc2)c2ccc(O)c(Br)c2)c2ccccc21. The van der Waals surface area contributed by atoms with E-state index in [9.17, 15) is 9.90 Å². The molecule has 0 aliphatic heterocycles. The molecule has 0 unspecified atom stereocenters. The van der Waals surface area contributed by atoms with Crippen LogP contribution >= 0.6 is 15.9 Å². The normalized spacial score (nSPS) is 14.9. The number of aromatic hydroxyl groups is 1. The Balaban J connectivity index is 2.06. The fourth-order valence-electron chi connectivity index (χ4n) is 3.23. The lowest BCUT2D eigenvalue weighted by Gasteiger charge is -2.19. The molecule has 1 aliphatic carbocycles. The molecule has 0 aromatic heterocycles. The summed E-state index contributed by atoms with van der Waals surface area (Å²) in [6.45, 7) is 0. The van der Waals surface area contributed by atoms with Gasteiger partial charge in [-0.3, -0.25) is 4.79 Å². The van der Waals surface area contributed by atoms with Crippen LogP contribution in [-0.2, 0) is 0 Å². The molecular weight excluding hydrogens is 388 g/mol. The quantitative estimate of drug-likeness (QED) is 0.582. The van der Waals surface area contributed by atoms with E-state index < -0.39 is 0 Å². The van der Waals surface area contributed by atoms with Crippen LogP contribution in [0.2, 0.25) is 0 Å². The summed E-state index contributed by atoms with van der Waals surface area (Å²) in [6.07, 6.45) is 3.50. The van der Waals surface area contributed by atoms with Gasteiger partial charge in [0, 0.05) is 5.56 Å². The standard InChI is InChI=1S/C23H15BrO2/c24-20-14-16(10-12-22(20)26)23(15-6-2-1-3-7-15)19-11-13-21(25)18-9-5-4-8-17(18)19/h1-14,26H/b23-19+. The van der Waals surface area contributed by atoms with Crippen LogP contribution in [0.4, 0.5) is 0 Å². The molecule has 3 aromatic carbocycles. The lowest BCUT2D eigenvalue weighted by molar-refractivity contribution is 0.104. The van der Waals surface area contributed by atoms with Gasteiger partial charge in [-0.2, -0.15) is 0 Å². The first kappa shape index (κ1) is 16.6. The second kappa shape index (κ2) is 6.77. The first-order valence-corrected chi connectivity index (χ1v) is 9.05. The van der Waals surface area contributed by atoms with Gasteiger partial charge in [-0.25, -0.2) is 0 Å². The van der Waals surface area contributed by atoms with E-state index in [1.165, 1.54) is 0 Å². The number of phenolic OH excluding ortho intramolecular Hbond substituents is 1. The second-order valence-electron chi connectivity index (χ2n) is 6.06. The number of allylic oxidation sites excluding steroid dienone is 3. The van der Waals surface area contributed by atoms with E-state index in [4.69, 9.17) is 0 Å². The highest BCUT2D eigenvalue weighted by atomic mass is 79.9. The van der Waals surface area contributed by atoms with Gasteiger partial charge >= 0.3 is 0 Å². The highest BCUT2D eigenvalue weighted by Crippen LogP contribution is 2.38. The number of hydrogen-bond acceptors (Lipinski definition) is 2. The third-order valence-corrected chi connectivity index (χ3v) is 5.09. The summed E-state index contributed by atoms with van der Waals surface area (Å²) < 4.78 is 0.633. The summed E-state index contributed by atoms with van der Waals surface area (Å²) in [7, 11) is 0. The average molecular weight is 403 g/mol. The number of rotatable bonds is 2. The molecule has 126 valence electrons. The second-order valence-corrected chi connectivity index (χ2v) is 6.92. The molecule has 0 saturated carbocycles. The Morgan fingerprint density at radius 2 is 1.46 bits per heavy atom. The van der Waals surface area contributed by atoms with Crippen LogP contribution in [0.1, 0.15) is 27.0 Å². The van der Waals surface area contributed by atoms with E-state index in [-0.39, 0.29) is 11.5 Å². The van der Waals surface area contributed by atoms with Crippen molar-refractivity contribution >= 4 is 32.9 Å². The maximum atomic E-state index is 12.3. The number of fused-ring (bicyclic) bond motifs is 1. The summed E-state index contributed by atoms with van der Waals surface area (Å²) >= 11 is 3.41. The Labute approximate surface area is 160 Å². The molecule has 2 nitrogen and oxygen atoms in total. The summed E-state index contributed by atoms with van der Waals surface area (Å²) in [5, 5.41) is 9.88. The zero-order chi connectivity index (χ0) is 18.1. The Hall–Kier alpha value is -2.91. The zero-order valence-electron chi connectivity index (χ0n) is 13.8. The fraction of sp³-hybridized carbons (Fsp3) is 0. The monoisotopic (exact) mass is 402 g/mol. The van der Waals surface area contributed by atoms with Gasteiger partial charge in [0.1, 0.15) is 5.75 Å². The van der Waals surface area contributed by atoms with Crippen molar-refractivity contribution in [1.82, 2.24) is 0 Å². The van der Waals surface area contributed by atoms with Gasteiger partial charge < -0.3 is 5.11 Å². The molecule has 1 aliphatic rings. The van der Waals surface area contributed by atoms with Crippen molar-refractivity contribution in [2.45, 2.75) is 0 Å². The number of carbonyl (C=O) groups excluding carboxylic acids is 1. The fourth-order valence-corrected chi connectivity index (χ4v) is 3.61. The van der Waals surface area contributed by atoms with Gasteiger partial charge in [0.15, 0.2) is 5.78 Å². The van der Waals surface area contributed by atoms with Crippen molar-refractivity contribution in [3.05, 3.63) is 112 Å². The number of hydrogen-bond donors (Lipinski definition) is 1. The largest absolute Gasteiger partial charge is 0.507 e. The molecule has 3 heteroatoms. The van der Waals surface area contributed by atoms with Crippen LogP contribution in [0, 0.1) is 0 Å². The van der Waals surface area contributed by atoms with Gasteiger partial charge in [-0.05, 0) is 68.1 Å². The molecule has 0 atom stereocenters. The zero-order valence-corrected chi connectivity index (χ0v) is 15.4. The first-order chi connectivity index (χ1) is 12.6. The van der Waals surface area contributed by atoms with Crippen LogP contribution in [0.3, 0.4) is 0 Å². The number of benzene rings is 3. The van der Waals surface area contributed by atoms with Gasteiger partial charge in [-0.1, -0.05) is 60.7 Å². The summed E-state index contributed by atoms with van der Waals surface area (Å²) in [6, 6.07) is 23.2. The minimum atomic E-state index is 0.0173. The lowest BCUT2D eigenvalue weighted by atomic mass is 9.84. The van der Waals surface area contributed by atoms with Crippen LogP contribution in [0.5, 0.6) is 5.75 Å². The van der Waals surface area contributed by atoms with Crippen LogP contribution in [0.15, 0.2) is 89.4 Å². The summed E-state index contributed by atoms with van der Waals surface area (Å²) in [5.41, 5.74) is 5.64. The Bertz CT molecular complexity index is 1060. The molecule has 3 aromatic rings. The molecular formula is C23H15BrO2. The first-order valence-electron chi connectivity index (χ1n) is 8.25. The Morgan fingerprint density at radius 3 is 2.19 bits per heavy atom. The van der Waals surface area contributed by atoms with E-state index >= 15 is 0 Å². The smallest absolute Gasteiger partial charge is 0.186 e. The Kier molecular flexibility index (Phi) is 4.31. The highest BCUT2D eigenvalue weighted by Gasteiger charge is 2.20. The summed E-state index contributed by atoms with van der Waals surface area (Å²) in [5.74, 6) is 0.213. The summed E-state index contributed by atoms with van der Waals surface area (Å²) in [4.78, 5) is 12.3. The molecule has 0 heterocycles. The van der Waals surface area contributed by atoms with Crippen molar-refractivity contribution in [3.8, 4) is 5.75 Å². The van der Waals surface area contributed by atoms with E-state index in [1.54, 1.807) is 12.1 Å². The molecule has 0 radical (unpaired) electrons. The van der Waals surface area contributed by atoms with E-state index in [0.29, 0.717) is 10.0 Å². The maximum Gasteiger partial charge on any atom is 0.186 e. The Morgan fingerprint density at radius 1 is 0.769 bits per heavy atom. The van der Waals surface area contributed by atoms with Crippen molar-refractivity contribution in [2.24, 2.45) is 0 Å². The third kappa shape index (κ3) is 2.91. The predicted octanol–water partition coefficient (Wildman–Crippen LogP) is 5.87. The van der Waals surface area contributed by atoms with Crippen molar-refractivity contribution < 1.29 is 9.90 Å². The lowest BCUT2D eigenvalue weighted by Crippen LogP contribution is -2.06. The minimum Gasteiger partial charge on any atom is -0.507 e. The molecule has 1 N–H and O–H groups in total. The van der Waals surface area contributed by atoms with Gasteiger partial charge in [0.05, 0.1) is 4.47 Å². The average Bonchev–Trinajstić information content (AvgIpc) is 2.68. The minimum absolute atomic E-state index is 0.0173. The number of halogens is 1. The molecule has 0 bridgehead atoms. The number of ketones is 1. The molecule has 0 amide bonds. The van der Waals surface area contributed by atoms with Gasteiger partial charge in [0.25, 0.3) is 0 Å². The molecule has 0 spiro atoms. The van der Waals surface area contributed by atoms with E-state index in [0.717, 1.165) is 27.8 Å². The molecule has 0 saturated heterocycles. The van der Waals surface area contributed by atoms with Crippen molar-refractivity contribution in [2.75, 3.05) is 0 Å². The van der Waals surface area contributed by atoms with Crippen LogP contribution < -0.4 is 0 Å². The van der Waals surface area contributed by atoms with E-state index in [2.05, 4.69) is 28.1 Å². The maximum absolute atomic E-state index is 12.3.